The molecule has 0 bridgehead atoms. The Kier molecular flexibility index (Phi) is 6.15. The number of hydrogen-bond acceptors (Lipinski definition) is 5. The maximum Gasteiger partial charge on any atom is 0.251 e. The Bertz CT molecular complexity index is 1160. The summed E-state index contributed by atoms with van der Waals surface area (Å²) in [5.74, 6) is -0.115. The Balaban J connectivity index is 1.72. The standard InChI is InChI=1S/C23H20ClFN4OS/c1-13(15-6-4-3-5-7-15)28-23(30)20-14(2)27-22(19-11-26-12-31-19)29-21(20)17-9-8-16(25)10-18(17)24/h3-13,21H,1-2H3,(H,27,29)(H,28,30)/t13-,21-/m0/s1. The number of aliphatic imine (C=N–C) groups is 1. The van der Waals surface area contributed by atoms with Crippen molar-refractivity contribution in [3.63, 3.8) is 0 Å². The van der Waals surface area contributed by atoms with Gasteiger partial charge in [0.05, 0.1) is 22.0 Å². The minimum Gasteiger partial charge on any atom is -0.346 e. The number of benzene rings is 2. The lowest BCUT2D eigenvalue weighted by molar-refractivity contribution is -0.118. The van der Waals surface area contributed by atoms with Gasteiger partial charge in [-0.05, 0) is 31.5 Å². The van der Waals surface area contributed by atoms with Crippen molar-refractivity contribution in [1.29, 1.82) is 0 Å². The van der Waals surface area contributed by atoms with E-state index in [2.05, 4.69) is 15.6 Å². The monoisotopic (exact) mass is 454 g/mol. The number of nitrogens with zero attached hydrogens (tertiary/aromatic N) is 2. The predicted molar refractivity (Wildman–Crippen MR) is 122 cm³/mol. The first-order valence-electron chi connectivity index (χ1n) is 9.69. The van der Waals surface area contributed by atoms with E-state index in [1.165, 1.54) is 23.5 Å². The van der Waals surface area contributed by atoms with Gasteiger partial charge in [0, 0.05) is 22.5 Å². The van der Waals surface area contributed by atoms with Crippen LogP contribution in [0.25, 0.3) is 0 Å². The summed E-state index contributed by atoms with van der Waals surface area (Å²) in [7, 11) is 0. The highest BCUT2D eigenvalue weighted by Gasteiger charge is 2.32. The van der Waals surface area contributed by atoms with Crippen molar-refractivity contribution in [1.82, 2.24) is 15.6 Å². The summed E-state index contributed by atoms with van der Waals surface area (Å²) >= 11 is 7.79. The van der Waals surface area contributed by atoms with Crippen LogP contribution in [0.4, 0.5) is 4.39 Å². The summed E-state index contributed by atoms with van der Waals surface area (Å²) in [6, 6.07) is 12.9. The maximum atomic E-state index is 13.7. The Morgan fingerprint density at radius 1 is 1.26 bits per heavy atom. The molecule has 1 aromatic heterocycles. The van der Waals surface area contributed by atoms with Gasteiger partial charge in [-0.3, -0.25) is 14.8 Å². The van der Waals surface area contributed by atoms with Crippen LogP contribution in [0.2, 0.25) is 5.02 Å². The van der Waals surface area contributed by atoms with E-state index in [4.69, 9.17) is 16.6 Å². The van der Waals surface area contributed by atoms with Gasteiger partial charge in [0.2, 0.25) is 0 Å². The number of rotatable bonds is 5. The van der Waals surface area contributed by atoms with Gasteiger partial charge in [-0.1, -0.05) is 48.0 Å². The van der Waals surface area contributed by atoms with Gasteiger partial charge in [0.15, 0.2) is 0 Å². The first-order valence-corrected chi connectivity index (χ1v) is 10.9. The molecule has 1 aliphatic heterocycles. The molecule has 5 nitrogen and oxygen atoms in total. The first kappa shape index (κ1) is 21.2. The van der Waals surface area contributed by atoms with Crippen LogP contribution in [0.15, 0.2) is 76.5 Å². The predicted octanol–water partition coefficient (Wildman–Crippen LogP) is 5.18. The van der Waals surface area contributed by atoms with Crippen LogP contribution in [0.5, 0.6) is 0 Å². The minimum absolute atomic E-state index is 0.204. The van der Waals surface area contributed by atoms with Gasteiger partial charge in [-0.2, -0.15) is 0 Å². The highest BCUT2D eigenvalue weighted by molar-refractivity contribution is 7.11. The molecule has 31 heavy (non-hydrogen) atoms. The summed E-state index contributed by atoms with van der Waals surface area (Å²) in [6.07, 6.45) is 1.70. The molecule has 1 amide bonds. The molecule has 8 heteroatoms. The third kappa shape index (κ3) is 4.52. The lowest BCUT2D eigenvalue weighted by Gasteiger charge is -2.28. The van der Waals surface area contributed by atoms with Gasteiger partial charge in [0.25, 0.3) is 5.91 Å². The van der Waals surface area contributed by atoms with Gasteiger partial charge >= 0.3 is 0 Å². The molecule has 0 fully saturated rings. The number of amidine groups is 1. The van der Waals surface area contributed by atoms with Crippen LogP contribution in [-0.4, -0.2) is 16.7 Å². The third-order valence-electron chi connectivity index (χ3n) is 5.06. The van der Waals surface area contributed by atoms with Crippen molar-refractivity contribution in [2.75, 3.05) is 0 Å². The molecule has 158 valence electrons. The van der Waals surface area contributed by atoms with Gasteiger partial charge < -0.3 is 10.6 Å². The minimum atomic E-state index is -0.686. The van der Waals surface area contributed by atoms with E-state index in [0.29, 0.717) is 22.7 Å². The van der Waals surface area contributed by atoms with Crippen molar-refractivity contribution < 1.29 is 9.18 Å². The number of aromatic nitrogens is 1. The average molecular weight is 455 g/mol. The molecule has 3 aromatic rings. The van der Waals surface area contributed by atoms with Crippen LogP contribution in [0, 0.1) is 5.82 Å². The fraction of sp³-hybridized carbons (Fsp3) is 0.174. The molecule has 1 aliphatic rings. The molecule has 2 atom stereocenters. The summed E-state index contributed by atoms with van der Waals surface area (Å²) < 4.78 is 13.7. The second-order valence-corrected chi connectivity index (χ2v) is 8.47. The molecule has 0 spiro atoms. The van der Waals surface area contributed by atoms with Crippen molar-refractivity contribution in [2.24, 2.45) is 4.99 Å². The number of carbonyl (C=O) groups is 1. The lowest BCUT2D eigenvalue weighted by atomic mass is 9.94. The largest absolute Gasteiger partial charge is 0.346 e. The molecule has 2 aromatic carbocycles. The van der Waals surface area contributed by atoms with Gasteiger partial charge in [-0.25, -0.2) is 4.39 Å². The van der Waals surface area contributed by atoms with Crippen LogP contribution in [-0.2, 0) is 4.79 Å². The van der Waals surface area contributed by atoms with Crippen molar-refractivity contribution in [2.45, 2.75) is 25.9 Å². The van der Waals surface area contributed by atoms with E-state index >= 15 is 0 Å². The van der Waals surface area contributed by atoms with Crippen molar-refractivity contribution in [3.05, 3.63) is 98.4 Å². The fourth-order valence-electron chi connectivity index (χ4n) is 3.48. The zero-order valence-corrected chi connectivity index (χ0v) is 18.5. The van der Waals surface area contributed by atoms with Gasteiger partial charge in [-0.15, -0.1) is 11.3 Å². The molecular weight excluding hydrogens is 435 g/mol. The summed E-state index contributed by atoms with van der Waals surface area (Å²) in [4.78, 5) is 23.0. The zero-order chi connectivity index (χ0) is 22.0. The van der Waals surface area contributed by atoms with Crippen LogP contribution < -0.4 is 10.6 Å². The molecule has 0 saturated heterocycles. The van der Waals surface area contributed by atoms with E-state index in [9.17, 15) is 9.18 Å². The summed E-state index contributed by atoms with van der Waals surface area (Å²) in [5.41, 5.74) is 4.35. The Labute approximate surface area is 188 Å². The average Bonchev–Trinajstić information content (AvgIpc) is 3.28. The van der Waals surface area contributed by atoms with Gasteiger partial charge in [0.1, 0.15) is 17.7 Å². The third-order valence-corrected chi connectivity index (χ3v) is 6.16. The number of thiazole rings is 1. The van der Waals surface area contributed by atoms with Crippen LogP contribution in [0.1, 0.15) is 41.9 Å². The molecule has 0 saturated carbocycles. The molecule has 2 heterocycles. The number of halogens is 2. The normalized spacial score (nSPS) is 17.0. The second-order valence-electron chi connectivity index (χ2n) is 7.18. The van der Waals surface area contributed by atoms with Crippen LogP contribution >= 0.6 is 22.9 Å². The number of carbonyl (C=O) groups excluding carboxylic acids is 1. The molecule has 4 rings (SSSR count). The summed E-state index contributed by atoms with van der Waals surface area (Å²) in [6.45, 7) is 3.74. The van der Waals surface area contributed by atoms with Crippen LogP contribution in [0.3, 0.4) is 0 Å². The highest BCUT2D eigenvalue weighted by atomic mass is 35.5. The molecule has 0 unspecified atom stereocenters. The maximum absolute atomic E-state index is 13.7. The molecule has 0 aliphatic carbocycles. The number of hydrogen-bond donors (Lipinski definition) is 2. The molecule has 0 radical (unpaired) electrons. The molecule has 2 N–H and O–H groups in total. The number of amides is 1. The summed E-state index contributed by atoms with van der Waals surface area (Å²) in [5, 5.41) is 6.48. The fourth-order valence-corrected chi connectivity index (χ4v) is 4.32. The quantitative estimate of drug-likeness (QED) is 0.558. The Morgan fingerprint density at radius 2 is 2.03 bits per heavy atom. The SMILES string of the molecule is CC1=C(C(=O)N[C@@H](C)c2ccccc2)[C@H](c2ccc(F)cc2Cl)N=C(c2cncs2)N1. The van der Waals surface area contributed by atoms with Crippen molar-refractivity contribution in [3.8, 4) is 0 Å². The van der Waals surface area contributed by atoms with E-state index in [1.807, 2.05) is 44.2 Å². The highest BCUT2D eigenvalue weighted by Crippen LogP contribution is 2.36. The smallest absolute Gasteiger partial charge is 0.251 e. The molecular formula is C23H20ClFN4OS. The Morgan fingerprint density at radius 3 is 2.71 bits per heavy atom. The van der Waals surface area contributed by atoms with Crippen molar-refractivity contribution >= 4 is 34.7 Å². The number of allylic oxidation sites excluding steroid dienone is 1. The van der Waals surface area contributed by atoms with E-state index in [0.717, 1.165) is 10.4 Å². The Hall–Kier alpha value is -3.03. The van der Waals surface area contributed by atoms with E-state index in [1.54, 1.807) is 17.8 Å². The lowest BCUT2D eigenvalue weighted by Crippen LogP contribution is -2.37. The second kappa shape index (κ2) is 8.99. The van der Waals surface area contributed by atoms with E-state index < -0.39 is 11.9 Å². The topological polar surface area (TPSA) is 66.4 Å². The zero-order valence-electron chi connectivity index (χ0n) is 16.9. The first-order chi connectivity index (χ1) is 14.9. The number of nitrogens with one attached hydrogen (secondary N) is 2. The van der Waals surface area contributed by atoms with E-state index in [-0.39, 0.29) is 17.0 Å².